The molecule has 1 N–H and O–H groups in total. The van der Waals surface area contributed by atoms with Crippen molar-refractivity contribution in [2.45, 2.75) is 19.2 Å². The third kappa shape index (κ3) is 5.36. The number of urea groups is 1. The number of nitrogens with zero attached hydrogens (tertiary/aromatic N) is 2. The second-order valence-corrected chi connectivity index (χ2v) is 8.62. The van der Waals surface area contributed by atoms with Crippen LogP contribution in [0.5, 0.6) is 0 Å². The monoisotopic (exact) mass is 491 g/mol. The van der Waals surface area contributed by atoms with Gasteiger partial charge in [-0.15, -0.1) is 0 Å². The fraction of sp³-hybridized carbons (Fsp3) is 0.100. The highest BCUT2D eigenvalue weighted by molar-refractivity contribution is 6.21. The first kappa shape index (κ1) is 23.8. The van der Waals surface area contributed by atoms with E-state index in [2.05, 4.69) is 5.32 Å². The molecule has 0 bridgehead atoms. The van der Waals surface area contributed by atoms with Crippen LogP contribution in [0.3, 0.4) is 0 Å². The second kappa shape index (κ2) is 10.8. The van der Waals surface area contributed by atoms with E-state index in [-0.39, 0.29) is 12.5 Å². The molecule has 1 aliphatic rings. The zero-order valence-electron chi connectivity index (χ0n) is 20.0. The van der Waals surface area contributed by atoms with Crippen molar-refractivity contribution >= 4 is 29.4 Å². The first-order valence-corrected chi connectivity index (χ1v) is 11.9. The summed E-state index contributed by atoms with van der Waals surface area (Å²) in [6, 6.07) is 33.7. The van der Waals surface area contributed by atoms with E-state index in [4.69, 9.17) is 4.74 Å². The van der Waals surface area contributed by atoms with Gasteiger partial charge in [-0.2, -0.15) is 0 Å². The lowest BCUT2D eigenvalue weighted by atomic mass is 10.0. The average Bonchev–Trinajstić information content (AvgIpc) is 3.18. The minimum atomic E-state index is -0.736. The summed E-state index contributed by atoms with van der Waals surface area (Å²) in [5, 5.41) is 2.67. The lowest BCUT2D eigenvalue weighted by Crippen LogP contribution is -2.32. The number of carbonyl (C=O) groups excluding carboxylic acids is 3. The molecule has 0 radical (unpaired) electrons. The van der Waals surface area contributed by atoms with E-state index < -0.39 is 18.2 Å². The maximum atomic E-state index is 13.6. The predicted molar refractivity (Wildman–Crippen MR) is 141 cm³/mol. The van der Waals surface area contributed by atoms with Crippen molar-refractivity contribution in [3.05, 3.63) is 132 Å². The van der Waals surface area contributed by atoms with Crippen LogP contribution in [-0.2, 0) is 22.7 Å². The van der Waals surface area contributed by atoms with Gasteiger partial charge in [0.25, 0.3) is 5.91 Å². The molecule has 1 unspecified atom stereocenters. The van der Waals surface area contributed by atoms with Gasteiger partial charge in [-0.1, -0.05) is 91.0 Å². The smallest absolute Gasteiger partial charge is 0.411 e. The Bertz CT molecular complexity index is 1380. The third-order valence-electron chi connectivity index (χ3n) is 6.10. The number of anilines is 2. The summed E-state index contributed by atoms with van der Waals surface area (Å²) in [5.74, 6) is -0.324. The van der Waals surface area contributed by atoms with Crippen LogP contribution in [0.25, 0.3) is 0 Å². The molecule has 0 aromatic heterocycles. The van der Waals surface area contributed by atoms with Crippen LogP contribution in [0.1, 0.15) is 22.7 Å². The summed E-state index contributed by atoms with van der Waals surface area (Å²) in [7, 11) is 0. The van der Waals surface area contributed by atoms with E-state index in [1.54, 1.807) is 29.2 Å². The number of benzene rings is 4. The van der Waals surface area contributed by atoms with Crippen molar-refractivity contribution in [2.24, 2.45) is 0 Å². The Morgan fingerprint density at radius 2 is 1.30 bits per heavy atom. The van der Waals surface area contributed by atoms with Gasteiger partial charge in [-0.25, -0.2) is 14.5 Å². The molecule has 5 rings (SSSR count). The van der Waals surface area contributed by atoms with E-state index in [0.717, 1.165) is 16.7 Å². The van der Waals surface area contributed by atoms with Crippen LogP contribution in [0.4, 0.5) is 21.0 Å². The van der Waals surface area contributed by atoms with Gasteiger partial charge in [-0.3, -0.25) is 10.1 Å². The van der Waals surface area contributed by atoms with E-state index in [9.17, 15) is 14.4 Å². The molecule has 4 aromatic carbocycles. The molecule has 1 aliphatic heterocycles. The van der Waals surface area contributed by atoms with E-state index >= 15 is 0 Å². The highest BCUT2D eigenvalue weighted by atomic mass is 16.5. The summed E-state index contributed by atoms with van der Waals surface area (Å²) in [4.78, 5) is 42.1. The second-order valence-electron chi connectivity index (χ2n) is 8.62. The lowest BCUT2D eigenvalue weighted by Gasteiger charge is -2.22. The minimum absolute atomic E-state index is 0.152. The van der Waals surface area contributed by atoms with Gasteiger partial charge in [0.05, 0.1) is 5.69 Å². The van der Waals surface area contributed by atoms with Crippen LogP contribution >= 0.6 is 0 Å². The van der Waals surface area contributed by atoms with Gasteiger partial charge in [-0.05, 0) is 41.0 Å². The Morgan fingerprint density at radius 3 is 1.92 bits per heavy atom. The van der Waals surface area contributed by atoms with Crippen LogP contribution < -0.4 is 10.2 Å². The van der Waals surface area contributed by atoms with E-state index in [0.29, 0.717) is 17.9 Å². The molecule has 4 amide bonds. The van der Waals surface area contributed by atoms with Crippen molar-refractivity contribution < 1.29 is 19.1 Å². The summed E-state index contributed by atoms with van der Waals surface area (Å²) in [6.45, 7) is 0.452. The highest BCUT2D eigenvalue weighted by Gasteiger charge is 2.46. The minimum Gasteiger partial charge on any atom is -0.444 e. The number of carbonyl (C=O) groups is 3. The molecular formula is C30H25N3O4. The molecule has 0 aliphatic carbocycles. The van der Waals surface area contributed by atoms with Crippen molar-refractivity contribution in [2.75, 3.05) is 10.2 Å². The lowest BCUT2D eigenvalue weighted by molar-refractivity contribution is -0.120. The van der Waals surface area contributed by atoms with E-state index in [1.807, 2.05) is 91.0 Å². The number of hydrogen-bond acceptors (Lipinski definition) is 4. The number of nitrogens with one attached hydrogen (secondary N) is 1. The highest BCUT2D eigenvalue weighted by Crippen LogP contribution is 2.35. The van der Waals surface area contributed by atoms with Gasteiger partial charge in [0.1, 0.15) is 12.6 Å². The summed E-state index contributed by atoms with van der Waals surface area (Å²) >= 11 is 0. The third-order valence-corrected chi connectivity index (χ3v) is 6.10. The molecule has 184 valence electrons. The molecule has 1 fully saturated rings. The van der Waals surface area contributed by atoms with Crippen molar-refractivity contribution in [1.29, 1.82) is 0 Å². The van der Waals surface area contributed by atoms with Crippen LogP contribution in [-0.4, -0.2) is 22.9 Å². The molecule has 0 spiro atoms. The standard InChI is InChI=1S/C30H25N3O4/c34-28-27(24-14-8-3-9-15-24)32(20-22-10-4-1-5-11-22)30(36)33(28)26-18-16-25(17-19-26)31-29(35)37-21-23-12-6-2-7-13-23/h1-19,27H,20-21H2,(H,31,35). The quantitative estimate of drug-likeness (QED) is 0.315. The summed E-state index contributed by atoms with van der Waals surface area (Å²) in [6.07, 6.45) is -0.594. The largest absolute Gasteiger partial charge is 0.444 e. The Morgan fingerprint density at radius 1 is 0.730 bits per heavy atom. The molecular weight excluding hydrogens is 466 g/mol. The molecule has 1 heterocycles. The van der Waals surface area contributed by atoms with Crippen LogP contribution in [0.15, 0.2) is 115 Å². The number of rotatable bonds is 7. The topological polar surface area (TPSA) is 79.0 Å². The number of ether oxygens (including phenoxy) is 1. The first-order valence-electron chi connectivity index (χ1n) is 11.9. The molecule has 1 saturated heterocycles. The van der Waals surface area contributed by atoms with Crippen molar-refractivity contribution in [1.82, 2.24) is 4.90 Å². The maximum Gasteiger partial charge on any atom is 0.411 e. The van der Waals surface area contributed by atoms with Gasteiger partial charge < -0.3 is 9.64 Å². The van der Waals surface area contributed by atoms with Gasteiger partial charge in [0.2, 0.25) is 0 Å². The van der Waals surface area contributed by atoms with E-state index in [1.165, 1.54) is 4.90 Å². The Labute approximate surface area is 214 Å². The van der Waals surface area contributed by atoms with Crippen LogP contribution in [0.2, 0.25) is 0 Å². The zero-order valence-corrected chi connectivity index (χ0v) is 20.0. The predicted octanol–water partition coefficient (Wildman–Crippen LogP) is 6.15. The summed E-state index contributed by atoms with van der Waals surface area (Å²) in [5.41, 5.74) is 3.47. The molecule has 4 aromatic rings. The Hall–Kier alpha value is -4.91. The molecule has 7 heteroatoms. The van der Waals surface area contributed by atoms with Crippen molar-refractivity contribution in [3.63, 3.8) is 0 Å². The molecule has 37 heavy (non-hydrogen) atoms. The number of imide groups is 1. The number of amides is 4. The normalized spacial score (nSPS) is 15.1. The summed E-state index contributed by atoms with van der Waals surface area (Å²) < 4.78 is 5.25. The van der Waals surface area contributed by atoms with Crippen molar-refractivity contribution in [3.8, 4) is 0 Å². The average molecular weight is 492 g/mol. The molecule has 0 saturated carbocycles. The number of hydrogen-bond donors (Lipinski definition) is 1. The molecule has 1 atom stereocenters. The Balaban J connectivity index is 1.32. The SMILES string of the molecule is O=C(Nc1ccc(N2C(=O)C(c3ccccc3)N(Cc3ccccc3)C2=O)cc1)OCc1ccccc1. The maximum absolute atomic E-state index is 13.6. The van der Waals surface area contributed by atoms with Crippen LogP contribution in [0, 0.1) is 0 Å². The van der Waals surface area contributed by atoms with Gasteiger partial charge in [0, 0.05) is 12.2 Å². The fourth-order valence-corrected chi connectivity index (χ4v) is 4.29. The first-order chi connectivity index (χ1) is 18.1. The molecule has 7 nitrogen and oxygen atoms in total. The Kier molecular flexibility index (Phi) is 6.94. The zero-order chi connectivity index (χ0) is 25.6. The van der Waals surface area contributed by atoms with Gasteiger partial charge >= 0.3 is 12.1 Å². The van der Waals surface area contributed by atoms with Gasteiger partial charge in [0.15, 0.2) is 0 Å². The fourth-order valence-electron chi connectivity index (χ4n) is 4.29.